The topological polar surface area (TPSA) is 102 Å². The second kappa shape index (κ2) is 6.39. The minimum absolute atomic E-state index is 0.00327. The van der Waals surface area contributed by atoms with Crippen LogP contribution < -0.4 is 5.73 Å². The number of amides is 3. The highest BCUT2D eigenvalue weighted by molar-refractivity contribution is 5.91. The van der Waals surface area contributed by atoms with Gasteiger partial charge >= 0.3 is 0 Å². The van der Waals surface area contributed by atoms with Gasteiger partial charge in [-0.05, 0) is 20.3 Å². The maximum atomic E-state index is 12.9. The molecule has 0 aromatic carbocycles. The van der Waals surface area contributed by atoms with Crippen LogP contribution in [0.15, 0.2) is 6.20 Å². The second-order valence-electron chi connectivity index (χ2n) is 6.14. The standard InChI is InChI=1S/C15H22N5O3/c1-11(21)18-6-4-7-19(10-9-18)14(23)15(2,3)20-8-5-17-13(20)12(16)22/h8H,4,6-7,9-10H2,1-3H3,(H2,16,22). The van der Waals surface area contributed by atoms with Crippen molar-refractivity contribution < 1.29 is 14.4 Å². The Morgan fingerprint density at radius 2 is 1.78 bits per heavy atom. The van der Waals surface area contributed by atoms with Gasteiger partial charge in [-0.3, -0.25) is 14.4 Å². The minimum Gasteiger partial charge on any atom is -0.363 e. The molecular formula is C15H22N5O3. The number of imidazole rings is 1. The maximum Gasteiger partial charge on any atom is 0.284 e. The number of primary amides is 1. The van der Waals surface area contributed by atoms with E-state index in [4.69, 9.17) is 5.73 Å². The fraction of sp³-hybridized carbons (Fsp3) is 0.600. The van der Waals surface area contributed by atoms with Crippen LogP contribution in [0.2, 0.25) is 0 Å². The number of nitrogens with two attached hydrogens (primary N) is 1. The van der Waals surface area contributed by atoms with E-state index >= 15 is 0 Å². The molecule has 1 fully saturated rings. The lowest BCUT2D eigenvalue weighted by Crippen LogP contribution is -2.49. The summed E-state index contributed by atoms with van der Waals surface area (Å²) in [6.45, 7) is 7.14. The summed E-state index contributed by atoms with van der Waals surface area (Å²) in [7, 11) is 0. The van der Waals surface area contributed by atoms with E-state index in [1.165, 1.54) is 17.7 Å². The van der Waals surface area contributed by atoms with Gasteiger partial charge in [-0.25, -0.2) is 4.98 Å². The molecule has 0 spiro atoms. The molecule has 0 bridgehead atoms. The van der Waals surface area contributed by atoms with E-state index in [0.29, 0.717) is 26.2 Å². The van der Waals surface area contributed by atoms with Crippen LogP contribution in [0.25, 0.3) is 0 Å². The first-order valence-electron chi connectivity index (χ1n) is 7.55. The van der Waals surface area contributed by atoms with Crippen LogP contribution in [0.5, 0.6) is 0 Å². The summed E-state index contributed by atoms with van der Waals surface area (Å²) in [5.41, 5.74) is 4.29. The Morgan fingerprint density at radius 1 is 1.17 bits per heavy atom. The van der Waals surface area contributed by atoms with Crippen molar-refractivity contribution in [1.82, 2.24) is 19.4 Å². The third kappa shape index (κ3) is 3.35. The maximum absolute atomic E-state index is 12.9. The van der Waals surface area contributed by atoms with E-state index in [9.17, 15) is 14.4 Å². The average molecular weight is 320 g/mol. The van der Waals surface area contributed by atoms with Crippen molar-refractivity contribution in [1.29, 1.82) is 0 Å². The molecule has 2 N–H and O–H groups in total. The molecule has 125 valence electrons. The number of aromatic nitrogens is 2. The molecule has 8 nitrogen and oxygen atoms in total. The fourth-order valence-corrected chi connectivity index (χ4v) is 2.79. The number of nitrogens with zero attached hydrogens (tertiary/aromatic N) is 4. The van der Waals surface area contributed by atoms with Gasteiger partial charge in [-0.15, -0.1) is 0 Å². The molecule has 1 saturated heterocycles. The molecule has 1 aromatic rings. The third-order valence-electron chi connectivity index (χ3n) is 4.16. The van der Waals surface area contributed by atoms with Crippen molar-refractivity contribution in [3.8, 4) is 0 Å². The summed E-state index contributed by atoms with van der Waals surface area (Å²) >= 11 is 0. The van der Waals surface area contributed by atoms with Gasteiger partial charge in [0.05, 0.1) is 0 Å². The molecule has 2 rings (SSSR count). The minimum atomic E-state index is -1.01. The molecule has 0 saturated carbocycles. The van der Waals surface area contributed by atoms with E-state index in [1.807, 2.05) is 0 Å². The molecule has 1 aliphatic heterocycles. The summed E-state index contributed by atoms with van der Waals surface area (Å²) in [5.74, 6) is -0.829. The molecule has 1 radical (unpaired) electrons. The molecule has 23 heavy (non-hydrogen) atoms. The van der Waals surface area contributed by atoms with E-state index in [1.54, 1.807) is 23.6 Å². The number of rotatable bonds is 3. The lowest BCUT2D eigenvalue weighted by molar-refractivity contribution is -0.139. The highest BCUT2D eigenvalue weighted by Gasteiger charge is 2.36. The van der Waals surface area contributed by atoms with E-state index in [2.05, 4.69) is 11.2 Å². The fourth-order valence-electron chi connectivity index (χ4n) is 2.79. The zero-order chi connectivity index (χ0) is 17.2. The Bertz CT molecular complexity index is 622. The number of carbonyl (C=O) groups excluding carboxylic acids is 3. The van der Waals surface area contributed by atoms with E-state index in [-0.39, 0.29) is 17.6 Å². The largest absolute Gasteiger partial charge is 0.363 e. The highest BCUT2D eigenvalue weighted by Crippen LogP contribution is 2.21. The molecule has 3 amide bonds. The SMILES string of the molecule is CC(=O)N1CCCN(C(=O)C(C)(C)n2c[c]nc2C(N)=O)CC1. The van der Waals surface area contributed by atoms with Crippen molar-refractivity contribution in [2.24, 2.45) is 5.73 Å². The van der Waals surface area contributed by atoms with Crippen molar-refractivity contribution in [2.45, 2.75) is 32.7 Å². The van der Waals surface area contributed by atoms with Gasteiger partial charge < -0.3 is 20.1 Å². The van der Waals surface area contributed by atoms with E-state index in [0.717, 1.165) is 6.42 Å². The molecule has 1 aliphatic rings. The van der Waals surface area contributed by atoms with Crippen molar-refractivity contribution in [3.05, 3.63) is 18.2 Å². The Labute approximate surface area is 135 Å². The van der Waals surface area contributed by atoms with Crippen LogP contribution in [0.1, 0.15) is 37.8 Å². The molecule has 0 unspecified atom stereocenters. The van der Waals surface area contributed by atoms with Crippen LogP contribution in [-0.2, 0) is 15.1 Å². The normalized spacial score (nSPS) is 16.1. The number of hydrogen-bond acceptors (Lipinski definition) is 4. The van der Waals surface area contributed by atoms with Gasteiger partial charge in [0.1, 0.15) is 11.7 Å². The number of carbonyl (C=O) groups is 3. The van der Waals surface area contributed by atoms with E-state index < -0.39 is 11.4 Å². The summed E-state index contributed by atoms with van der Waals surface area (Å²) in [4.78, 5) is 43.1. The monoisotopic (exact) mass is 320 g/mol. The molecule has 8 heteroatoms. The lowest BCUT2D eigenvalue weighted by atomic mass is 10.0. The van der Waals surface area contributed by atoms with Gasteiger partial charge in [0.2, 0.25) is 11.8 Å². The quantitative estimate of drug-likeness (QED) is 0.818. The lowest BCUT2D eigenvalue weighted by Gasteiger charge is -2.33. The molecule has 1 aromatic heterocycles. The highest BCUT2D eigenvalue weighted by atomic mass is 16.2. The molecular weight excluding hydrogens is 298 g/mol. The van der Waals surface area contributed by atoms with Crippen LogP contribution in [0.3, 0.4) is 0 Å². The van der Waals surface area contributed by atoms with Gasteiger partial charge in [0, 0.05) is 39.3 Å². The first kappa shape index (κ1) is 17.0. The molecule has 0 aliphatic carbocycles. The summed E-state index contributed by atoms with van der Waals surface area (Å²) in [6, 6.07) is 0. The predicted molar refractivity (Wildman–Crippen MR) is 82.4 cm³/mol. The zero-order valence-corrected chi connectivity index (χ0v) is 13.7. The average Bonchev–Trinajstić information content (AvgIpc) is 2.85. The number of hydrogen-bond donors (Lipinski definition) is 1. The predicted octanol–water partition coefficient (Wildman–Crippen LogP) is -0.402. The first-order valence-corrected chi connectivity index (χ1v) is 7.55. The van der Waals surface area contributed by atoms with Crippen molar-refractivity contribution >= 4 is 17.7 Å². The van der Waals surface area contributed by atoms with Gasteiger partial charge in [0.15, 0.2) is 5.82 Å². The first-order chi connectivity index (χ1) is 10.7. The van der Waals surface area contributed by atoms with Gasteiger partial charge in [0.25, 0.3) is 5.91 Å². The molecule has 0 atom stereocenters. The summed E-state index contributed by atoms with van der Waals surface area (Å²) in [6.07, 6.45) is 4.74. The zero-order valence-electron chi connectivity index (χ0n) is 13.7. The van der Waals surface area contributed by atoms with Gasteiger partial charge in [-0.2, -0.15) is 0 Å². The Kier molecular flexibility index (Phi) is 4.72. The van der Waals surface area contributed by atoms with Gasteiger partial charge in [-0.1, -0.05) is 0 Å². The molecule has 2 heterocycles. The summed E-state index contributed by atoms with van der Waals surface area (Å²) < 4.78 is 1.45. The van der Waals surface area contributed by atoms with Crippen LogP contribution in [-0.4, -0.2) is 63.3 Å². The van der Waals surface area contributed by atoms with Crippen LogP contribution in [0, 0.1) is 6.20 Å². The van der Waals surface area contributed by atoms with Crippen LogP contribution >= 0.6 is 0 Å². The Morgan fingerprint density at radius 3 is 2.39 bits per heavy atom. The smallest absolute Gasteiger partial charge is 0.284 e. The van der Waals surface area contributed by atoms with Crippen molar-refractivity contribution in [2.75, 3.05) is 26.2 Å². The Balaban J connectivity index is 2.19. The van der Waals surface area contributed by atoms with Crippen LogP contribution in [0.4, 0.5) is 0 Å². The second-order valence-corrected chi connectivity index (χ2v) is 6.14. The third-order valence-corrected chi connectivity index (χ3v) is 4.16. The summed E-state index contributed by atoms with van der Waals surface area (Å²) in [5, 5.41) is 0. The Hall–Kier alpha value is -2.38. The van der Waals surface area contributed by atoms with Crippen molar-refractivity contribution in [3.63, 3.8) is 0 Å².